The van der Waals surface area contributed by atoms with E-state index in [4.69, 9.17) is 23.8 Å². The summed E-state index contributed by atoms with van der Waals surface area (Å²) in [7, 11) is -2.17. The molecule has 9 nitrogen and oxygen atoms in total. The maximum atomic E-state index is 15.7. The lowest BCUT2D eigenvalue weighted by Crippen LogP contribution is -2.50. The molecule has 1 saturated heterocycles. The number of hydrogen-bond donors (Lipinski definition) is 1. The van der Waals surface area contributed by atoms with Crippen LogP contribution in [0.1, 0.15) is 74.3 Å². The second kappa shape index (κ2) is 12.1. The normalized spacial score (nSPS) is 25.3. The monoisotopic (exact) mass is 638 g/mol. The minimum atomic E-state index is -1.45. The molecule has 0 aliphatic carbocycles. The molecule has 3 rings (SSSR count). The molecule has 0 aromatic heterocycles. The van der Waals surface area contributed by atoms with Crippen molar-refractivity contribution in [1.29, 1.82) is 0 Å². The first-order valence-electron chi connectivity index (χ1n) is 14.6. The van der Waals surface area contributed by atoms with Gasteiger partial charge in [-0.15, -0.1) is 0 Å². The van der Waals surface area contributed by atoms with Crippen molar-refractivity contribution in [2.45, 2.75) is 122 Å². The zero-order valence-corrected chi connectivity index (χ0v) is 29.5. The van der Waals surface area contributed by atoms with E-state index in [9.17, 15) is 14.7 Å². The molecule has 13 heteroatoms. The minimum Gasteiger partial charge on any atom is -0.480 e. The standard InChI is InChI=1S/C30H48BFN2O7SSi/c1-26(2,3)39-25(37)34(19-38-15-16-43(10,11)12)24-33-29(8,18-30(9,42-24)23(35)36)21-17-20(13-14-22(21)32)31-40-27(4,5)28(6,7)41-31/h13-14,17H,15-16,18-19H2,1-12H3,(H,35,36). The number of aliphatic imine (C=N–C) groups is 1. The van der Waals surface area contributed by atoms with Gasteiger partial charge in [0.15, 0.2) is 5.17 Å². The largest absolute Gasteiger partial charge is 0.494 e. The van der Waals surface area contributed by atoms with E-state index in [0.29, 0.717) is 12.1 Å². The number of hydrogen-bond acceptors (Lipinski definition) is 8. The Labute approximate surface area is 261 Å². The summed E-state index contributed by atoms with van der Waals surface area (Å²) in [4.78, 5) is 32.2. The molecule has 2 unspecified atom stereocenters. The summed E-state index contributed by atoms with van der Waals surface area (Å²) in [6.45, 7) is 23.1. The van der Waals surface area contributed by atoms with E-state index in [1.807, 2.05) is 27.7 Å². The third kappa shape index (κ3) is 8.42. The van der Waals surface area contributed by atoms with Gasteiger partial charge in [0.25, 0.3) is 0 Å². The van der Waals surface area contributed by atoms with Crippen LogP contribution in [0.2, 0.25) is 25.7 Å². The Kier molecular flexibility index (Phi) is 10.0. The van der Waals surface area contributed by atoms with Crippen LogP contribution in [0.3, 0.4) is 0 Å². The highest BCUT2D eigenvalue weighted by Crippen LogP contribution is 2.47. The summed E-state index contributed by atoms with van der Waals surface area (Å²) in [6.07, 6.45) is -0.763. The second-order valence-corrected chi connectivity index (χ2v) is 22.2. The van der Waals surface area contributed by atoms with Gasteiger partial charge in [0.05, 0.1) is 16.7 Å². The first kappa shape index (κ1) is 35.5. The Morgan fingerprint density at radius 3 is 2.21 bits per heavy atom. The second-order valence-electron chi connectivity index (χ2n) is 15.1. The van der Waals surface area contributed by atoms with Gasteiger partial charge in [-0.1, -0.05) is 43.5 Å². The molecule has 0 saturated carbocycles. The van der Waals surface area contributed by atoms with Crippen LogP contribution >= 0.6 is 11.8 Å². The maximum absolute atomic E-state index is 15.7. The number of carboxylic acid groups (broad SMARTS) is 1. The number of rotatable bonds is 8. The van der Waals surface area contributed by atoms with Gasteiger partial charge in [0.1, 0.15) is 22.9 Å². The number of carboxylic acids is 1. The Morgan fingerprint density at radius 2 is 1.70 bits per heavy atom. The van der Waals surface area contributed by atoms with E-state index in [1.165, 1.54) is 11.0 Å². The van der Waals surface area contributed by atoms with Crippen LogP contribution < -0.4 is 5.46 Å². The van der Waals surface area contributed by atoms with Gasteiger partial charge in [-0.05, 0) is 79.9 Å². The summed E-state index contributed by atoms with van der Waals surface area (Å²) in [5, 5.41) is 10.4. The SMILES string of the molecule is CC(C)(C)OC(=O)N(COCC[Si](C)(C)C)C1=NC(C)(c2cc(B3OC(C)(C)C(C)(C)O3)ccc2F)CC(C)(C(=O)O)S1. The lowest BCUT2D eigenvalue weighted by molar-refractivity contribution is -0.140. The van der Waals surface area contributed by atoms with Gasteiger partial charge >= 0.3 is 19.2 Å². The molecular weight excluding hydrogens is 590 g/mol. The highest BCUT2D eigenvalue weighted by Gasteiger charge is 2.53. The number of halogens is 1. The number of carbonyl (C=O) groups excluding carboxylic acids is 1. The first-order valence-corrected chi connectivity index (χ1v) is 19.2. The van der Waals surface area contributed by atoms with Gasteiger partial charge in [-0.25, -0.2) is 14.1 Å². The number of nitrogens with zero attached hydrogens (tertiary/aromatic N) is 2. The minimum absolute atomic E-state index is 0.0358. The summed E-state index contributed by atoms with van der Waals surface area (Å²) in [6, 6.07) is 5.42. The summed E-state index contributed by atoms with van der Waals surface area (Å²) < 4.78 is 38.2. The molecule has 43 heavy (non-hydrogen) atoms. The molecule has 0 radical (unpaired) electrons. The summed E-state index contributed by atoms with van der Waals surface area (Å²) in [5.74, 6) is -1.66. The molecule has 2 heterocycles. The molecule has 1 N–H and O–H groups in total. The van der Waals surface area contributed by atoms with E-state index in [-0.39, 0.29) is 23.9 Å². The Morgan fingerprint density at radius 1 is 1.12 bits per heavy atom. The van der Waals surface area contributed by atoms with Gasteiger partial charge in [-0.3, -0.25) is 9.79 Å². The smallest absolute Gasteiger partial charge is 0.480 e. The third-order valence-electron chi connectivity index (χ3n) is 7.95. The van der Waals surface area contributed by atoms with Gasteiger partial charge in [0.2, 0.25) is 0 Å². The van der Waals surface area contributed by atoms with E-state index in [1.54, 1.807) is 46.8 Å². The van der Waals surface area contributed by atoms with Crippen LogP contribution in [-0.2, 0) is 29.1 Å². The van der Waals surface area contributed by atoms with Crippen molar-refractivity contribution in [3.8, 4) is 0 Å². The van der Waals surface area contributed by atoms with Gasteiger partial charge in [-0.2, -0.15) is 0 Å². The molecule has 240 valence electrons. The maximum Gasteiger partial charge on any atom is 0.494 e. The van der Waals surface area contributed by atoms with Crippen molar-refractivity contribution >= 4 is 49.6 Å². The van der Waals surface area contributed by atoms with Crippen LogP contribution in [0.4, 0.5) is 9.18 Å². The van der Waals surface area contributed by atoms with E-state index >= 15 is 4.39 Å². The molecular formula is C30H48BFN2O7SSi. The molecule has 2 aliphatic rings. The number of benzene rings is 1. The van der Waals surface area contributed by atoms with Crippen molar-refractivity contribution in [1.82, 2.24) is 4.90 Å². The van der Waals surface area contributed by atoms with Crippen molar-refractivity contribution in [2.75, 3.05) is 13.3 Å². The number of thioether (sulfide) groups is 1. The van der Waals surface area contributed by atoms with Crippen molar-refractivity contribution < 1.29 is 37.9 Å². The summed E-state index contributed by atoms with van der Waals surface area (Å²) >= 11 is 0.932. The average molecular weight is 639 g/mol. The van der Waals surface area contributed by atoms with Crippen molar-refractivity contribution in [2.24, 2.45) is 4.99 Å². The molecule has 1 amide bonds. The van der Waals surface area contributed by atoms with Crippen LogP contribution in [0.25, 0.3) is 0 Å². The van der Waals surface area contributed by atoms with Crippen LogP contribution in [-0.4, -0.2) is 77.3 Å². The number of aliphatic carboxylic acids is 1. The Balaban J connectivity index is 2.09. The highest BCUT2D eigenvalue weighted by atomic mass is 32.2. The van der Waals surface area contributed by atoms with E-state index in [2.05, 4.69) is 19.6 Å². The number of carbonyl (C=O) groups is 2. The van der Waals surface area contributed by atoms with Gasteiger partial charge < -0.3 is 23.9 Å². The fourth-order valence-electron chi connectivity index (χ4n) is 4.68. The fraction of sp³-hybridized carbons (Fsp3) is 0.700. The molecule has 2 atom stereocenters. The number of amidine groups is 1. The Bertz CT molecular complexity index is 1250. The van der Waals surface area contributed by atoms with E-state index in [0.717, 1.165) is 17.8 Å². The summed E-state index contributed by atoms with van der Waals surface area (Å²) in [5.41, 5.74) is -2.63. The zero-order chi connectivity index (χ0) is 32.8. The average Bonchev–Trinajstić information content (AvgIpc) is 3.03. The molecule has 2 aliphatic heterocycles. The molecule has 1 aromatic rings. The number of amides is 1. The first-order chi connectivity index (χ1) is 19.4. The predicted octanol–water partition coefficient (Wildman–Crippen LogP) is 6.23. The predicted molar refractivity (Wildman–Crippen MR) is 172 cm³/mol. The number of ether oxygens (including phenoxy) is 2. The molecule has 1 aromatic carbocycles. The highest BCUT2D eigenvalue weighted by molar-refractivity contribution is 8.15. The molecule has 0 spiro atoms. The van der Waals surface area contributed by atoms with E-state index < -0.39 is 60.2 Å². The van der Waals surface area contributed by atoms with Crippen LogP contribution in [0, 0.1) is 5.82 Å². The lowest BCUT2D eigenvalue weighted by Gasteiger charge is -2.41. The topological polar surface area (TPSA) is 107 Å². The zero-order valence-electron chi connectivity index (χ0n) is 27.7. The van der Waals surface area contributed by atoms with Crippen molar-refractivity contribution in [3.05, 3.63) is 29.6 Å². The molecule has 1 fully saturated rings. The molecule has 0 bridgehead atoms. The van der Waals surface area contributed by atoms with Crippen LogP contribution in [0.5, 0.6) is 0 Å². The Hall–Kier alpha value is -1.93. The van der Waals surface area contributed by atoms with Crippen molar-refractivity contribution in [3.63, 3.8) is 0 Å². The quantitative estimate of drug-likeness (QED) is 0.203. The van der Waals surface area contributed by atoms with Gasteiger partial charge in [0, 0.05) is 26.7 Å². The lowest BCUT2D eigenvalue weighted by atomic mass is 9.75. The fourth-order valence-corrected chi connectivity index (χ4v) is 6.76. The van der Waals surface area contributed by atoms with Crippen LogP contribution in [0.15, 0.2) is 23.2 Å². The third-order valence-corrected chi connectivity index (χ3v) is 10.9.